The Balaban J connectivity index is 1.47. The van der Waals surface area contributed by atoms with Gasteiger partial charge in [-0.05, 0) is 37.5 Å². The Morgan fingerprint density at radius 2 is 1.94 bits per heavy atom. The normalized spacial score (nSPS) is 25.4. The van der Waals surface area contributed by atoms with Gasteiger partial charge in [0.15, 0.2) is 0 Å². The molecular formula is C21H23F3N2O5. The van der Waals surface area contributed by atoms with E-state index in [1.54, 1.807) is 0 Å². The number of alkyl halides is 3. The summed E-state index contributed by atoms with van der Waals surface area (Å²) in [5.74, 6) is -0.359. The minimum atomic E-state index is -4.50. The highest BCUT2D eigenvalue weighted by Crippen LogP contribution is 2.45. The zero-order valence-electron chi connectivity index (χ0n) is 16.7. The first-order valence-electron chi connectivity index (χ1n) is 10.3. The van der Waals surface area contributed by atoms with Crippen molar-refractivity contribution < 1.29 is 37.0 Å². The molecule has 1 saturated carbocycles. The SMILES string of the molecule is O=C1NC2(CC2)CN(CC[C@H]2CO[C@H](CO)CO2)c2c1oc1ccc(C(F)(F)F)cc21. The molecular weight excluding hydrogens is 417 g/mol. The van der Waals surface area contributed by atoms with E-state index in [-0.39, 0.29) is 41.1 Å². The van der Waals surface area contributed by atoms with Gasteiger partial charge >= 0.3 is 6.18 Å². The number of amides is 1. The van der Waals surface area contributed by atoms with Crippen molar-refractivity contribution in [3.63, 3.8) is 0 Å². The summed E-state index contributed by atoms with van der Waals surface area (Å²) in [6.45, 7) is 1.47. The van der Waals surface area contributed by atoms with Crippen LogP contribution in [0.15, 0.2) is 22.6 Å². The van der Waals surface area contributed by atoms with Crippen molar-refractivity contribution in [2.45, 2.75) is 43.2 Å². The average Bonchev–Trinajstić information content (AvgIpc) is 3.40. The monoisotopic (exact) mass is 440 g/mol. The molecule has 2 aliphatic heterocycles. The van der Waals surface area contributed by atoms with E-state index < -0.39 is 17.6 Å². The molecule has 5 rings (SSSR count). The van der Waals surface area contributed by atoms with Gasteiger partial charge in [0, 0.05) is 18.5 Å². The van der Waals surface area contributed by atoms with E-state index in [2.05, 4.69) is 5.32 Å². The number of anilines is 1. The number of aliphatic hydroxyl groups excluding tert-OH is 1. The van der Waals surface area contributed by atoms with Crippen LogP contribution in [0.3, 0.4) is 0 Å². The first-order chi connectivity index (χ1) is 14.8. The van der Waals surface area contributed by atoms with E-state index in [1.165, 1.54) is 6.07 Å². The molecule has 0 unspecified atom stereocenters. The van der Waals surface area contributed by atoms with Crippen molar-refractivity contribution >= 4 is 22.6 Å². The summed E-state index contributed by atoms with van der Waals surface area (Å²) in [7, 11) is 0. The van der Waals surface area contributed by atoms with Crippen LogP contribution in [-0.4, -0.2) is 61.7 Å². The molecule has 1 aliphatic carbocycles. The fraction of sp³-hybridized carbons (Fsp3) is 0.571. The van der Waals surface area contributed by atoms with Crippen LogP contribution in [0, 0.1) is 0 Å². The lowest BCUT2D eigenvalue weighted by Gasteiger charge is -2.32. The Bertz CT molecular complexity index is 993. The first-order valence-corrected chi connectivity index (χ1v) is 10.3. The van der Waals surface area contributed by atoms with Crippen LogP contribution in [0.1, 0.15) is 35.4 Å². The highest BCUT2D eigenvalue weighted by Gasteiger charge is 2.49. The number of hydrogen-bond donors (Lipinski definition) is 2. The van der Waals surface area contributed by atoms with E-state index in [0.717, 1.165) is 25.0 Å². The molecule has 0 radical (unpaired) electrons. The first kappa shape index (κ1) is 20.6. The molecule has 7 nitrogen and oxygen atoms in total. The zero-order chi connectivity index (χ0) is 21.8. The molecule has 1 saturated heterocycles. The van der Waals surface area contributed by atoms with Crippen LogP contribution >= 0.6 is 0 Å². The Labute approximate surface area is 176 Å². The number of fused-ring (bicyclic) bond motifs is 3. The van der Waals surface area contributed by atoms with Gasteiger partial charge in [-0.2, -0.15) is 13.2 Å². The largest absolute Gasteiger partial charge is 0.449 e. The smallest absolute Gasteiger partial charge is 0.416 e. The van der Waals surface area contributed by atoms with Crippen LogP contribution < -0.4 is 10.2 Å². The van der Waals surface area contributed by atoms with Crippen LogP contribution in [-0.2, 0) is 15.7 Å². The van der Waals surface area contributed by atoms with Gasteiger partial charge in [-0.25, -0.2) is 0 Å². The van der Waals surface area contributed by atoms with Crippen molar-refractivity contribution in [2.24, 2.45) is 0 Å². The van der Waals surface area contributed by atoms with Crippen LogP contribution in [0.4, 0.5) is 18.9 Å². The molecule has 3 heterocycles. The van der Waals surface area contributed by atoms with Gasteiger partial charge < -0.3 is 29.2 Å². The number of aliphatic hydroxyl groups is 1. The predicted molar refractivity (Wildman–Crippen MR) is 104 cm³/mol. The third-order valence-corrected chi connectivity index (χ3v) is 6.20. The number of carbonyl (C=O) groups is 1. The van der Waals surface area contributed by atoms with Gasteiger partial charge in [-0.1, -0.05) is 0 Å². The second-order valence-electron chi connectivity index (χ2n) is 8.53. The molecule has 3 aliphatic rings. The van der Waals surface area contributed by atoms with E-state index in [0.29, 0.717) is 38.4 Å². The van der Waals surface area contributed by atoms with Crippen molar-refractivity contribution in [1.29, 1.82) is 0 Å². The maximum atomic E-state index is 13.3. The van der Waals surface area contributed by atoms with Crippen LogP contribution in [0.25, 0.3) is 11.0 Å². The molecule has 2 aromatic rings. The molecule has 0 bridgehead atoms. The molecule has 2 atom stereocenters. The predicted octanol–water partition coefficient (Wildman–Crippen LogP) is 2.70. The second kappa shape index (κ2) is 7.39. The van der Waals surface area contributed by atoms with Gasteiger partial charge in [-0.15, -0.1) is 0 Å². The Morgan fingerprint density at radius 1 is 1.19 bits per heavy atom. The maximum absolute atomic E-state index is 13.3. The van der Waals surface area contributed by atoms with Crippen molar-refractivity contribution in [1.82, 2.24) is 5.32 Å². The highest BCUT2D eigenvalue weighted by atomic mass is 19.4. The summed E-state index contributed by atoms with van der Waals surface area (Å²) in [5.41, 5.74) is -0.521. The van der Waals surface area contributed by atoms with Crippen molar-refractivity contribution in [2.75, 3.05) is 37.8 Å². The summed E-state index contributed by atoms with van der Waals surface area (Å²) in [4.78, 5) is 14.7. The minimum Gasteiger partial charge on any atom is -0.449 e. The second-order valence-corrected chi connectivity index (χ2v) is 8.53. The molecule has 1 spiro atoms. The van der Waals surface area contributed by atoms with E-state index in [1.807, 2.05) is 4.90 Å². The molecule has 2 N–H and O–H groups in total. The van der Waals surface area contributed by atoms with Gasteiger partial charge in [0.25, 0.3) is 5.91 Å². The zero-order valence-corrected chi connectivity index (χ0v) is 16.7. The number of furan rings is 1. The standard InChI is InChI=1S/C21H23F3N2O5/c22-21(23,24)12-1-2-16-15(7-12)17-18(31-16)19(28)25-20(4-5-20)11-26(17)6-3-13-9-30-14(8-27)10-29-13/h1-2,7,13-14,27H,3-6,8-11H2,(H,25,28)/t13-,14+/m0/s1. The number of halogens is 3. The molecule has 1 aromatic heterocycles. The molecule has 1 amide bonds. The van der Waals surface area contributed by atoms with E-state index in [4.69, 9.17) is 19.0 Å². The van der Waals surface area contributed by atoms with Crippen LogP contribution in [0.5, 0.6) is 0 Å². The quantitative estimate of drug-likeness (QED) is 0.761. The Hall–Kier alpha value is -2.30. The Morgan fingerprint density at radius 3 is 2.58 bits per heavy atom. The molecule has 2 fully saturated rings. The number of ether oxygens (including phenoxy) is 2. The lowest BCUT2D eigenvalue weighted by atomic mass is 10.1. The number of nitrogens with zero attached hydrogens (tertiary/aromatic N) is 1. The summed E-state index contributed by atoms with van der Waals surface area (Å²) < 4.78 is 57.0. The minimum absolute atomic E-state index is 0.0410. The third-order valence-electron chi connectivity index (χ3n) is 6.20. The topological polar surface area (TPSA) is 84.2 Å². The molecule has 1 aromatic carbocycles. The highest BCUT2D eigenvalue weighted by molar-refractivity contribution is 6.08. The van der Waals surface area contributed by atoms with Gasteiger partial charge in [0.2, 0.25) is 5.76 Å². The average molecular weight is 440 g/mol. The number of carbonyl (C=O) groups excluding carboxylic acids is 1. The lowest BCUT2D eigenvalue weighted by Crippen LogP contribution is -2.44. The fourth-order valence-electron chi connectivity index (χ4n) is 4.29. The van der Waals surface area contributed by atoms with Gasteiger partial charge in [0.1, 0.15) is 11.7 Å². The van der Waals surface area contributed by atoms with Gasteiger partial charge in [-0.3, -0.25) is 4.79 Å². The van der Waals surface area contributed by atoms with Crippen LogP contribution in [0.2, 0.25) is 0 Å². The number of nitrogens with one attached hydrogen (secondary N) is 1. The third kappa shape index (κ3) is 3.88. The number of benzene rings is 1. The Kier molecular flexibility index (Phi) is 4.91. The van der Waals surface area contributed by atoms with Crippen molar-refractivity contribution in [3.8, 4) is 0 Å². The molecule has 10 heteroatoms. The van der Waals surface area contributed by atoms with E-state index >= 15 is 0 Å². The summed E-state index contributed by atoms with van der Waals surface area (Å²) in [5, 5.41) is 12.4. The summed E-state index contributed by atoms with van der Waals surface area (Å²) in [6, 6.07) is 3.27. The molecule has 31 heavy (non-hydrogen) atoms. The maximum Gasteiger partial charge on any atom is 0.416 e. The van der Waals surface area contributed by atoms with E-state index in [9.17, 15) is 18.0 Å². The van der Waals surface area contributed by atoms with Crippen molar-refractivity contribution in [3.05, 3.63) is 29.5 Å². The fourth-order valence-corrected chi connectivity index (χ4v) is 4.29. The number of hydrogen-bond acceptors (Lipinski definition) is 6. The summed E-state index contributed by atoms with van der Waals surface area (Å²) in [6.07, 6.45) is -2.84. The number of rotatable bonds is 4. The summed E-state index contributed by atoms with van der Waals surface area (Å²) >= 11 is 0. The molecule has 168 valence electrons. The van der Waals surface area contributed by atoms with Gasteiger partial charge in [0.05, 0.1) is 42.7 Å². The lowest BCUT2D eigenvalue weighted by molar-refractivity contribution is -0.145.